The molecule has 3 rings (SSSR count). The summed E-state index contributed by atoms with van der Waals surface area (Å²) in [6.07, 6.45) is 0. The maximum Gasteiger partial charge on any atom is 0.338 e. The zero-order chi connectivity index (χ0) is 18.0. The summed E-state index contributed by atoms with van der Waals surface area (Å²) in [4.78, 5) is 12.0. The van der Waals surface area contributed by atoms with E-state index in [4.69, 9.17) is 9.47 Å². The number of benzene rings is 3. The quantitative estimate of drug-likeness (QED) is 0.248. The van der Waals surface area contributed by atoms with Gasteiger partial charge in [0.05, 0.1) is 8.95 Å². The fraction of sp³-hybridized carbons (Fsp3) is 0.0500. The zero-order valence-corrected chi connectivity index (χ0v) is 16.6. The first-order valence-electron chi connectivity index (χ1n) is 7.49. The molecule has 0 aliphatic heterocycles. The van der Waals surface area contributed by atoms with E-state index < -0.39 is 5.97 Å². The van der Waals surface area contributed by atoms with E-state index in [9.17, 15) is 4.79 Å². The zero-order valence-electron chi connectivity index (χ0n) is 13.4. The van der Waals surface area contributed by atoms with Crippen LogP contribution in [0.3, 0.4) is 0 Å². The molecular formula is C20H14Br2O3. The monoisotopic (exact) mass is 460 g/mol. The second kappa shape index (κ2) is 7.42. The molecule has 0 heterocycles. The van der Waals surface area contributed by atoms with Crippen molar-refractivity contribution in [3.8, 4) is 17.2 Å². The molecule has 0 bridgehead atoms. The van der Waals surface area contributed by atoms with Gasteiger partial charge in [-0.3, -0.25) is 0 Å². The third-order valence-corrected chi connectivity index (χ3v) is 5.56. The van der Waals surface area contributed by atoms with Crippen molar-refractivity contribution >= 4 is 48.6 Å². The summed E-state index contributed by atoms with van der Waals surface area (Å²) in [5.41, 5.74) is 0.330. The van der Waals surface area contributed by atoms with Gasteiger partial charge in [-0.25, -0.2) is 4.79 Å². The van der Waals surface area contributed by atoms with Gasteiger partial charge in [0.1, 0.15) is 5.75 Å². The Kier molecular flexibility index (Phi) is 5.25. The highest BCUT2D eigenvalue weighted by Crippen LogP contribution is 2.48. The first-order valence-corrected chi connectivity index (χ1v) is 9.08. The molecule has 0 aromatic heterocycles. The topological polar surface area (TPSA) is 35.5 Å². The molecule has 25 heavy (non-hydrogen) atoms. The van der Waals surface area contributed by atoms with Crippen molar-refractivity contribution in [2.45, 2.75) is 6.92 Å². The van der Waals surface area contributed by atoms with Crippen molar-refractivity contribution < 1.29 is 14.3 Å². The summed E-state index contributed by atoms with van der Waals surface area (Å²) < 4.78 is 12.9. The number of carbonyl (C=O) groups excluding carboxylic acids is 1. The van der Waals surface area contributed by atoms with Crippen LogP contribution in [-0.4, -0.2) is 5.97 Å². The number of carbonyl (C=O) groups is 1. The molecule has 0 fully saturated rings. The van der Waals surface area contributed by atoms with Gasteiger partial charge in [0, 0.05) is 16.3 Å². The van der Waals surface area contributed by atoms with Crippen LogP contribution in [0, 0.1) is 0 Å². The molecule has 3 aromatic rings. The molecule has 0 aliphatic carbocycles. The summed E-state index contributed by atoms with van der Waals surface area (Å²) in [5, 5.41) is 1.59. The molecule has 3 aromatic carbocycles. The molecule has 0 spiro atoms. The Bertz CT molecular complexity index is 966. The number of para-hydroxylation sites is 1. The number of hydrogen-bond donors (Lipinski definition) is 0. The second-order valence-corrected chi connectivity index (χ2v) is 7.00. The van der Waals surface area contributed by atoms with E-state index in [1.54, 1.807) is 6.92 Å². The van der Waals surface area contributed by atoms with Gasteiger partial charge in [-0.1, -0.05) is 49.0 Å². The highest BCUT2D eigenvalue weighted by molar-refractivity contribution is 9.13. The number of rotatable bonds is 4. The van der Waals surface area contributed by atoms with Crippen LogP contribution in [0.15, 0.2) is 75.7 Å². The Morgan fingerprint density at radius 3 is 2.00 bits per heavy atom. The van der Waals surface area contributed by atoms with E-state index >= 15 is 0 Å². The van der Waals surface area contributed by atoms with Crippen molar-refractivity contribution in [3.63, 3.8) is 0 Å². The highest BCUT2D eigenvalue weighted by Gasteiger charge is 2.21. The summed E-state index contributed by atoms with van der Waals surface area (Å²) in [7, 11) is 0. The molecule has 0 radical (unpaired) electrons. The van der Waals surface area contributed by atoms with Crippen LogP contribution in [0.5, 0.6) is 17.2 Å². The van der Waals surface area contributed by atoms with Crippen molar-refractivity contribution in [2.24, 2.45) is 0 Å². The van der Waals surface area contributed by atoms with Gasteiger partial charge in [-0.15, -0.1) is 0 Å². The van der Waals surface area contributed by atoms with Crippen molar-refractivity contribution in [3.05, 3.63) is 75.7 Å². The van der Waals surface area contributed by atoms with Gasteiger partial charge in [-0.05, 0) is 50.9 Å². The molecule has 0 saturated carbocycles. The number of halogens is 2. The Labute approximate surface area is 162 Å². The molecule has 0 N–H and O–H groups in total. The summed E-state index contributed by atoms with van der Waals surface area (Å²) >= 11 is 7.06. The van der Waals surface area contributed by atoms with E-state index in [0.29, 0.717) is 31.8 Å². The largest absolute Gasteiger partial charge is 0.455 e. The maximum absolute atomic E-state index is 12.0. The molecule has 5 heteroatoms. The van der Waals surface area contributed by atoms with Crippen LogP contribution in [-0.2, 0) is 4.79 Å². The molecular weight excluding hydrogens is 448 g/mol. The predicted molar refractivity (Wildman–Crippen MR) is 106 cm³/mol. The lowest BCUT2D eigenvalue weighted by atomic mass is 10.1. The molecule has 0 saturated heterocycles. The number of esters is 1. The van der Waals surface area contributed by atoms with Crippen LogP contribution in [0.1, 0.15) is 6.92 Å². The van der Waals surface area contributed by atoms with E-state index in [0.717, 1.165) is 10.8 Å². The Morgan fingerprint density at radius 2 is 1.40 bits per heavy atom. The van der Waals surface area contributed by atoms with Crippen molar-refractivity contribution in [1.29, 1.82) is 0 Å². The Balaban J connectivity index is 2.18. The maximum atomic E-state index is 12.0. The second-order valence-electron chi connectivity index (χ2n) is 5.42. The fourth-order valence-electron chi connectivity index (χ4n) is 2.30. The minimum Gasteiger partial charge on any atom is -0.455 e. The smallest absolute Gasteiger partial charge is 0.338 e. The molecule has 0 aliphatic rings. The van der Waals surface area contributed by atoms with Gasteiger partial charge < -0.3 is 9.47 Å². The lowest BCUT2D eigenvalue weighted by Gasteiger charge is -2.16. The lowest BCUT2D eigenvalue weighted by Crippen LogP contribution is -2.09. The van der Waals surface area contributed by atoms with Gasteiger partial charge >= 0.3 is 5.97 Å². The molecule has 0 unspecified atom stereocenters. The van der Waals surface area contributed by atoms with E-state index in [2.05, 4.69) is 38.4 Å². The number of ether oxygens (including phenoxy) is 2. The predicted octanol–water partition coefficient (Wildman–Crippen LogP) is 6.64. The summed E-state index contributed by atoms with van der Waals surface area (Å²) in [6, 6.07) is 17.1. The van der Waals surface area contributed by atoms with E-state index in [1.165, 1.54) is 0 Å². The Hall–Kier alpha value is -2.11. The molecule has 3 nitrogen and oxygen atoms in total. The highest BCUT2D eigenvalue weighted by atomic mass is 79.9. The third-order valence-electron chi connectivity index (χ3n) is 3.51. The summed E-state index contributed by atoms with van der Waals surface area (Å²) in [6.45, 7) is 5.24. The van der Waals surface area contributed by atoms with E-state index in [-0.39, 0.29) is 0 Å². The lowest BCUT2D eigenvalue weighted by molar-refractivity contribution is -0.130. The van der Waals surface area contributed by atoms with Crippen molar-refractivity contribution in [1.82, 2.24) is 0 Å². The van der Waals surface area contributed by atoms with E-state index in [1.807, 2.05) is 54.6 Å². The van der Waals surface area contributed by atoms with Gasteiger partial charge in [0.15, 0.2) is 11.5 Å². The number of fused-ring (bicyclic) bond motifs is 1. The summed E-state index contributed by atoms with van der Waals surface area (Å²) in [5.74, 6) is 1.31. The average molecular weight is 462 g/mol. The fourth-order valence-corrected chi connectivity index (χ4v) is 3.25. The molecule has 0 amide bonds. The Morgan fingerprint density at radius 1 is 0.880 bits per heavy atom. The third kappa shape index (κ3) is 3.62. The van der Waals surface area contributed by atoms with Crippen LogP contribution in [0.25, 0.3) is 10.8 Å². The van der Waals surface area contributed by atoms with Crippen LogP contribution in [0.4, 0.5) is 0 Å². The standard InChI is InChI=1S/C20H14Br2O3/c1-12(2)20(23)25-19-15-11-7-6-10-14(15)18(16(21)17(19)22)24-13-8-4-3-5-9-13/h3-11H,1H2,2H3. The number of hydrogen-bond acceptors (Lipinski definition) is 3. The molecule has 0 atom stereocenters. The average Bonchev–Trinajstić information content (AvgIpc) is 2.63. The minimum atomic E-state index is -0.477. The van der Waals surface area contributed by atoms with Crippen LogP contribution < -0.4 is 9.47 Å². The molecule has 126 valence electrons. The minimum absolute atomic E-state index is 0.330. The normalized spacial score (nSPS) is 10.5. The van der Waals surface area contributed by atoms with Crippen LogP contribution in [0.2, 0.25) is 0 Å². The SMILES string of the molecule is C=C(C)C(=O)Oc1c(Br)c(Br)c(Oc2ccccc2)c2ccccc12. The first kappa shape index (κ1) is 17.7. The van der Waals surface area contributed by atoms with Gasteiger partial charge in [0.2, 0.25) is 0 Å². The first-order chi connectivity index (χ1) is 12.0. The van der Waals surface area contributed by atoms with Crippen molar-refractivity contribution in [2.75, 3.05) is 0 Å². The van der Waals surface area contributed by atoms with Gasteiger partial charge in [-0.2, -0.15) is 0 Å². The van der Waals surface area contributed by atoms with Gasteiger partial charge in [0.25, 0.3) is 0 Å². The van der Waals surface area contributed by atoms with Crippen LogP contribution >= 0.6 is 31.9 Å².